The zero-order chi connectivity index (χ0) is 37.6. The molecule has 2 amide bonds. The Labute approximate surface area is 306 Å². The number of fused-ring (bicyclic) bond motifs is 2. The number of rotatable bonds is 12. The molecule has 0 unspecified atom stereocenters. The van der Waals surface area contributed by atoms with Gasteiger partial charge in [-0.1, -0.05) is 96.1 Å². The van der Waals surface area contributed by atoms with Crippen LogP contribution in [-0.2, 0) is 29.8 Å². The van der Waals surface area contributed by atoms with Crippen LogP contribution in [0.2, 0.25) is 0 Å². The molecule has 6 aromatic rings. The van der Waals surface area contributed by atoms with Gasteiger partial charge in [-0.05, 0) is 71.8 Å². The topological polar surface area (TPSA) is 170 Å². The molecule has 0 fully saturated rings. The van der Waals surface area contributed by atoms with Crippen LogP contribution in [-0.4, -0.2) is 41.1 Å². The van der Waals surface area contributed by atoms with E-state index in [1.54, 1.807) is 60.7 Å². The van der Waals surface area contributed by atoms with Crippen LogP contribution >= 0.6 is 0 Å². The summed E-state index contributed by atoms with van der Waals surface area (Å²) in [5.41, 5.74) is 6.87. The van der Waals surface area contributed by atoms with E-state index in [9.17, 15) is 26.4 Å². The molecule has 6 aromatic carbocycles. The van der Waals surface area contributed by atoms with Gasteiger partial charge in [0, 0.05) is 11.1 Å². The van der Waals surface area contributed by atoms with E-state index < -0.39 is 38.5 Å². The minimum absolute atomic E-state index is 0.0159. The molecule has 53 heavy (non-hydrogen) atoms. The Balaban J connectivity index is 1.15. The van der Waals surface area contributed by atoms with Crippen LogP contribution in [0.3, 0.4) is 0 Å². The molecule has 0 radical (unpaired) electrons. The Morgan fingerprint density at radius 3 is 1.32 bits per heavy atom. The van der Waals surface area contributed by atoms with Gasteiger partial charge in [-0.25, -0.2) is 10.9 Å². The first-order valence-electron chi connectivity index (χ1n) is 16.1. The van der Waals surface area contributed by atoms with Crippen LogP contribution in [0.15, 0.2) is 141 Å². The smallest absolute Gasteiger partial charge is 0.339 e. The minimum atomic E-state index is -4.20. The number of carbonyl (C=O) groups excluding carboxylic acids is 2. The maximum absolute atomic E-state index is 13.1. The summed E-state index contributed by atoms with van der Waals surface area (Å²) in [7, 11) is -8.40. The standard InChI is InChI=1S/C39H32N4O8S2/c1-26-11-17-30(18-12-26)52(46,47)50-36-21-15-28-7-3-5-9-32(28)34(36)24-40-42-38(44)23-39(45)43-41-25-35-33-10-6-4-8-29(33)16-22-37(35)51-53(48,49)31-19-13-27(2)14-20-31/h3-22,24-25H,23H2,1-2H3,(H,42,44)(H,43,45). The summed E-state index contributed by atoms with van der Waals surface area (Å²) >= 11 is 0. The number of hydrogen-bond acceptors (Lipinski definition) is 10. The van der Waals surface area contributed by atoms with Gasteiger partial charge in [0.2, 0.25) is 11.8 Å². The van der Waals surface area contributed by atoms with Gasteiger partial charge in [0.1, 0.15) is 16.2 Å². The van der Waals surface area contributed by atoms with Crippen LogP contribution in [0.4, 0.5) is 0 Å². The van der Waals surface area contributed by atoms with E-state index in [1.165, 1.54) is 48.8 Å². The Hall–Kier alpha value is -6.38. The molecule has 14 heteroatoms. The van der Waals surface area contributed by atoms with Crippen molar-refractivity contribution in [2.45, 2.75) is 30.1 Å². The molecular weight excluding hydrogens is 717 g/mol. The molecule has 0 atom stereocenters. The lowest BCUT2D eigenvalue weighted by Gasteiger charge is -2.12. The van der Waals surface area contributed by atoms with Crippen LogP contribution in [0.5, 0.6) is 11.5 Å². The third-order valence-corrected chi connectivity index (χ3v) is 10.5. The van der Waals surface area contributed by atoms with Gasteiger partial charge < -0.3 is 8.37 Å². The van der Waals surface area contributed by atoms with E-state index in [1.807, 2.05) is 38.1 Å². The van der Waals surface area contributed by atoms with Crippen LogP contribution in [0.25, 0.3) is 21.5 Å². The van der Waals surface area contributed by atoms with E-state index in [0.29, 0.717) is 10.8 Å². The fourth-order valence-electron chi connectivity index (χ4n) is 5.27. The van der Waals surface area contributed by atoms with Crippen molar-refractivity contribution in [3.63, 3.8) is 0 Å². The molecule has 0 aliphatic heterocycles. The SMILES string of the molecule is Cc1ccc(S(=O)(=O)Oc2ccc3ccccc3c2C=NNC(=O)CC(=O)NN=Cc2c(OS(=O)(=O)c3ccc(C)cc3)ccc3ccccc23)cc1. The predicted molar refractivity (Wildman–Crippen MR) is 202 cm³/mol. The lowest BCUT2D eigenvalue weighted by molar-refractivity contribution is -0.129. The maximum atomic E-state index is 13.1. The highest BCUT2D eigenvalue weighted by Gasteiger charge is 2.21. The van der Waals surface area contributed by atoms with Crippen molar-refractivity contribution in [3.8, 4) is 11.5 Å². The number of nitrogens with one attached hydrogen (secondary N) is 2. The Morgan fingerprint density at radius 2 is 0.925 bits per heavy atom. The summed E-state index contributed by atoms with van der Waals surface area (Å²) in [4.78, 5) is 25.3. The van der Waals surface area contributed by atoms with Gasteiger partial charge in [-0.15, -0.1) is 0 Å². The molecule has 0 spiro atoms. The van der Waals surface area contributed by atoms with Gasteiger partial charge in [0.15, 0.2) is 11.5 Å². The number of amides is 2. The minimum Gasteiger partial charge on any atom is -0.378 e. The zero-order valence-electron chi connectivity index (χ0n) is 28.4. The number of nitrogens with zero attached hydrogens (tertiary/aromatic N) is 2. The van der Waals surface area contributed by atoms with Crippen molar-refractivity contribution in [2.24, 2.45) is 10.2 Å². The molecule has 268 valence electrons. The lowest BCUT2D eigenvalue weighted by atomic mass is 10.0. The molecule has 12 nitrogen and oxygen atoms in total. The Kier molecular flexibility index (Phi) is 10.6. The highest BCUT2D eigenvalue weighted by Crippen LogP contribution is 2.31. The van der Waals surface area contributed by atoms with E-state index >= 15 is 0 Å². The summed E-state index contributed by atoms with van der Waals surface area (Å²) in [6, 6.07) is 33.1. The van der Waals surface area contributed by atoms with Crippen molar-refractivity contribution >= 4 is 66.0 Å². The van der Waals surface area contributed by atoms with Crippen molar-refractivity contribution in [3.05, 3.63) is 144 Å². The molecule has 2 N–H and O–H groups in total. The molecular formula is C39H32N4O8S2. The second kappa shape index (κ2) is 15.5. The van der Waals surface area contributed by atoms with Gasteiger partial charge in [0.05, 0.1) is 12.4 Å². The van der Waals surface area contributed by atoms with E-state index in [2.05, 4.69) is 21.1 Å². The largest absolute Gasteiger partial charge is 0.378 e. The second-order valence-electron chi connectivity index (χ2n) is 11.9. The Morgan fingerprint density at radius 1 is 0.547 bits per heavy atom. The third kappa shape index (κ3) is 8.75. The van der Waals surface area contributed by atoms with Gasteiger partial charge in [0.25, 0.3) is 0 Å². The second-order valence-corrected chi connectivity index (χ2v) is 15.0. The van der Waals surface area contributed by atoms with E-state index in [4.69, 9.17) is 8.37 Å². The maximum Gasteiger partial charge on any atom is 0.339 e. The average Bonchev–Trinajstić information content (AvgIpc) is 3.13. The molecule has 0 aliphatic rings. The van der Waals surface area contributed by atoms with Gasteiger partial charge >= 0.3 is 20.2 Å². The fourth-order valence-corrected chi connectivity index (χ4v) is 7.16. The van der Waals surface area contributed by atoms with E-state index in [-0.39, 0.29) is 32.4 Å². The van der Waals surface area contributed by atoms with E-state index in [0.717, 1.165) is 21.9 Å². The summed E-state index contributed by atoms with van der Waals surface area (Å²) in [6.07, 6.45) is 1.81. The lowest BCUT2D eigenvalue weighted by Crippen LogP contribution is -2.27. The monoisotopic (exact) mass is 748 g/mol. The van der Waals surface area contributed by atoms with Crippen LogP contribution in [0, 0.1) is 13.8 Å². The zero-order valence-corrected chi connectivity index (χ0v) is 30.0. The molecule has 0 aliphatic carbocycles. The first kappa shape index (κ1) is 36.4. The number of carbonyl (C=O) groups is 2. The van der Waals surface area contributed by atoms with Gasteiger partial charge in [-0.3, -0.25) is 9.59 Å². The summed E-state index contributed by atoms with van der Waals surface area (Å²) in [5, 5.41) is 10.7. The first-order valence-corrected chi connectivity index (χ1v) is 18.9. The van der Waals surface area contributed by atoms with Crippen LogP contribution in [0.1, 0.15) is 28.7 Å². The average molecular weight is 749 g/mol. The van der Waals surface area contributed by atoms with Crippen molar-refractivity contribution in [2.75, 3.05) is 0 Å². The predicted octanol–water partition coefficient (Wildman–Crippen LogP) is 6.14. The molecule has 0 aromatic heterocycles. The van der Waals surface area contributed by atoms with Gasteiger partial charge in [-0.2, -0.15) is 27.0 Å². The summed E-state index contributed by atoms with van der Waals surface area (Å²) in [6.45, 7) is 3.67. The van der Waals surface area contributed by atoms with Crippen molar-refractivity contribution < 1.29 is 34.8 Å². The van der Waals surface area contributed by atoms with Crippen LogP contribution < -0.4 is 19.2 Å². The van der Waals surface area contributed by atoms with Crippen molar-refractivity contribution in [1.29, 1.82) is 0 Å². The molecule has 0 saturated heterocycles. The highest BCUT2D eigenvalue weighted by atomic mass is 32.2. The molecule has 0 bridgehead atoms. The third-order valence-electron chi connectivity index (χ3n) is 7.97. The van der Waals surface area contributed by atoms with Crippen molar-refractivity contribution in [1.82, 2.24) is 10.9 Å². The Bertz CT molecular complexity index is 2440. The molecule has 0 saturated carbocycles. The normalized spacial score (nSPS) is 12.0. The number of hydrazone groups is 2. The summed E-state index contributed by atoms with van der Waals surface area (Å²) < 4.78 is 63.3. The first-order chi connectivity index (χ1) is 25.4. The number of aryl methyl sites for hydroxylation is 2. The molecule has 0 heterocycles. The highest BCUT2D eigenvalue weighted by molar-refractivity contribution is 7.87. The quantitative estimate of drug-likeness (QED) is 0.0651. The fraction of sp³-hybridized carbons (Fsp3) is 0.0769. The molecule has 6 rings (SSSR count). The number of benzene rings is 6. The number of hydrogen-bond donors (Lipinski definition) is 2. The summed E-state index contributed by atoms with van der Waals surface area (Å²) in [5.74, 6) is -1.61.